The highest BCUT2D eigenvalue weighted by Crippen LogP contribution is 2.37. The molecule has 2 heterocycles. The first-order valence-electron chi connectivity index (χ1n) is 9.49. The van der Waals surface area contributed by atoms with Gasteiger partial charge in [0.25, 0.3) is 0 Å². The first-order valence-corrected chi connectivity index (χ1v) is 10.3. The van der Waals surface area contributed by atoms with Crippen molar-refractivity contribution in [1.82, 2.24) is 10.2 Å². The second-order valence-electron chi connectivity index (χ2n) is 7.31. The number of nitrogens with one attached hydrogen (secondary N) is 1. The first-order chi connectivity index (χ1) is 13.5. The number of nitrogens with zero attached hydrogens (tertiary/aromatic N) is 1. The number of fused-ring (bicyclic) bond motifs is 1. The highest BCUT2D eigenvalue weighted by Gasteiger charge is 2.48. The van der Waals surface area contributed by atoms with Crippen LogP contribution in [0.2, 0.25) is 0 Å². The number of carbonyl (C=O) groups is 3. The fourth-order valence-electron chi connectivity index (χ4n) is 4.01. The summed E-state index contributed by atoms with van der Waals surface area (Å²) < 4.78 is 6.76. The Kier molecular flexibility index (Phi) is 5.35. The lowest BCUT2D eigenvalue weighted by Gasteiger charge is -2.19. The van der Waals surface area contributed by atoms with Crippen LogP contribution >= 0.6 is 15.9 Å². The number of halogens is 1. The summed E-state index contributed by atoms with van der Waals surface area (Å²) in [6.07, 6.45) is 3.44. The van der Waals surface area contributed by atoms with E-state index in [0.29, 0.717) is 11.5 Å². The normalized spacial score (nSPS) is 21.7. The summed E-state index contributed by atoms with van der Waals surface area (Å²) >= 11 is 3.40. The molecule has 3 amide bonds. The molecule has 146 valence electrons. The number of benzene rings is 1. The minimum atomic E-state index is -0.359. The maximum atomic E-state index is 12.4. The third-order valence-corrected chi connectivity index (χ3v) is 6.01. The second kappa shape index (κ2) is 7.91. The Bertz CT molecular complexity index is 881. The van der Waals surface area contributed by atoms with E-state index in [-0.39, 0.29) is 42.6 Å². The van der Waals surface area contributed by atoms with Crippen molar-refractivity contribution in [1.29, 1.82) is 0 Å². The molecule has 4 rings (SSSR count). The minimum Gasteiger partial charge on any atom is -0.459 e. The predicted molar refractivity (Wildman–Crippen MR) is 106 cm³/mol. The van der Waals surface area contributed by atoms with E-state index in [1.165, 1.54) is 0 Å². The number of hydrogen-bond acceptors (Lipinski definition) is 4. The van der Waals surface area contributed by atoms with E-state index >= 15 is 0 Å². The molecular weight excluding hydrogens is 424 g/mol. The average molecular weight is 445 g/mol. The van der Waals surface area contributed by atoms with E-state index in [9.17, 15) is 14.4 Å². The number of carbonyl (C=O) groups excluding carboxylic acids is 3. The zero-order valence-corrected chi connectivity index (χ0v) is 16.9. The molecule has 0 unspecified atom stereocenters. The highest BCUT2D eigenvalue weighted by molar-refractivity contribution is 9.10. The van der Waals surface area contributed by atoms with Crippen molar-refractivity contribution >= 4 is 33.7 Å². The molecule has 28 heavy (non-hydrogen) atoms. The molecule has 0 spiro atoms. The molecule has 0 radical (unpaired) electrons. The number of rotatable bonds is 5. The smallest absolute Gasteiger partial charge is 0.240 e. The third kappa shape index (κ3) is 3.76. The molecule has 1 saturated heterocycles. The number of amides is 3. The van der Waals surface area contributed by atoms with Gasteiger partial charge in [-0.2, -0.15) is 0 Å². The molecular formula is C21H21BrN2O4. The molecule has 1 N–H and O–H groups in total. The zero-order chi connectivity index (χ0) is 19.7. The van der Waals surface area contributed by atoms with E-state index in [1.807, 2.05) is 30.3 Å². The number of likely N-dealkylation sites (tertiary alicyclic amines) is 1. The largest absolute Gasteiger partial charge is 0.459 e. The summed E-state index contributed by atoms with van der Waals surface area (Å²) in [5.74, 6) is 0.118. The average Bonchev–Trinajstić information content (AvgIpc) is 3.27. The monoisotopic (exact) mass is 444 g/mol. The first kappa shape index (κ1) is 18.9. The van der Waals surface area contributed by atoms with Gasteiger partial charge in [-0.05, 0) is 37.1 Å². The van der Waals surface area contributed by atoms with Crippen molar-refractivity contribution in [2.24, 2.45) is 11.8 Å². The van der Waals surface area contributed by atoms with Crippen LogP contribution in [0, 0.1) is 11.8 Å². The van der Waals surface area contributed by atoms with Crippen LogP contribution < -0.4 is 5.32 Å². The standard InChI is InChI=1S/C21H21BrN2O4/c22-14-7-5-13(6-8-14)18-10-9-15(28-18)11-23-19(25)12-24-20(26)16-3-1-2-4-17(16)21(24)27/h5-10,16-17H,1-4,11-12H2,(H,23,25)/t16-,17-/m1/s1. The van der Waals surface area contributed by atoms with Crippen LogP contribution in [0.3, 0.4) is 0 Å². The summed E-state index contributed by atoms with van der Waals surface area (Å²) in [5, 5.41) is 2.74. The topological polar surface area (TPSA) is 79.6 Å². The molecule has 1 aromatic carbocycles. The predicted octanol–water partition coefficient (Wildman–Crippen LogP) is 3.50. The maximum absolute atomic E-state index is 12.4. The molecule has 2 aliphatic rings. The second-order valence-corrected chi connectivity index (χ2v) is 8.23. The number of furan rings is 1. The minimum absolute atomic E-state index is 0.194. The van der Waals surface area contributed by atoms with E-state index in [4.69, 9.17) is 4.42 Å². The van der Waals surface area contributed by atoms with Crippen molar-refractivity contribution < 1.29 is 18.8 Å². The van der Waals surface area contributed by atoms with E-state index in [0.717, 1.165) is 40.6 Å². The summed E-state index contributed by atoms with van der Waals surface area (Å²) in [6.45, 7) is -0.0105. The molecule has 1 aromatic heterocycles. The van der Waals surface area contributed by atoms with Gasteiger partial charge in [0.2, 0.25) is 17.7 Å². The summed E-state index contributed by atoms with van der Waals surface area (Å²) in [6, 6.07) is 11.4. The van der Waals surface area contributed by atoms with Crippen LogP contribution in [0.25, 0.3) is 11.3 Å². The van der Waals surface area contributed by atoms with E-state index in [1.54, 1.807) is 6.07 Å². The Morgan fingerprint density at radius 2 is 1.68 bits per heavy atom. The Hall–Kier alpha value is -2.41. The fourth-order valence-corrected chi connectivity index (χ4v) is 4.28. The van der Waals surface area contributed by atoms with Gasteiger partial charge in [-0.15, -0.1) is 0 Å². The molecule has 0 bridgehead atoms. The van der Waals surface area contributed by atoms with Gasteiger partial charge in [-0.3, -0.25) is 19.3 Å². The van der Waals surface area contributed by atoms with Gasteiger partial charge < -0.3 is 9.73 Å². The van der Waals surface area contributed by atoms with Crippen molar-refractivity contribution in [2.75, 3.05) is 6.54 Å². The number of hydrogen-bond donors (Lipinski definition) is 1. The molecule has 1 aliphatic heterocycles. The maximum Gasteiger partial charge on any atom is 0.240 e. The van der Waals surface area contributed by atoms with Crippen LogP contribution in [-0.2, 0) is 20.9 Å². The van der Waals surface area contributed by atoms with Gasteiger partial charge in [0.15, 0.2) is 0 Å². The molecule has 2 atom stereocenters. The third-order valence-electron chi connectivity index (χ3n) is 5.48. The van der Waals surface area contributed by atoms with Crippen LogP contribution in [-0.4, -0.2) is 29.2 Å². The lowest BCUT2D eigenvalue weighted by Crippen LogP contribution is -2.40. The van der Waals surface area contributed by atoms with Gasteiger partial charge >= 0.3 is 0 Å². The Balaban J connectivity index is 1.33. The van der Waals surface area contributed by atoms with Crippen molar-refractivity contribution in [2.45, 2.75) is 32.2 Å². The van der Waals surface area contributed by atoms with Gasteiger partial charge in [0.05, 0.1) is 18.4 Å². The van der Waals surface area contributed by atoms with Crippen molar-refractivity contribution in [3.8, 4) is 11.3 Å². The van der Waals surface area contributed by atoms with E-state index in [2.05, 4.69) is 21.2 Å². The summed E-state index contributed by atoms with van der Waals surface area (Å²) in [7, 11) is 0. The SMILES string of the molecule is O=C(CN1C(=O)[C@@H]2CCCC[C@H]2C1=O)NCc1ccc(-c2ccc(Br)cc2)o1. The zero-order valence-electron chi connectivity index (χ0n) is 15.3. The number of imide groups is 1. The van der Waals surface area contributed by atoms with Crippen LogP contribution in [0.4, 0.5) is 0 Å². The summed E-state index contributed by atoms with van der Waals surface area (Å²) in [5.41, 5.74) is 0.941. The van der Waals surface area contributed by atoms with Crippen LogP contribution in [0.1, 0.15) is 31.4 Å². The highest BCUT2D eigenvalue weighted by atomic mass is 79.9. The van der Waals surface area contributed by atoms with Crippen LogP contribution in [0.15, 0.2) is 45.3 Å². The lowest BCUT2D eigenvalue weighted by molar-refractivity contribution is -0.143. The van der Waals surface area contributed by atoms with E-state index < -0.39 is 0 Å². The Morgan fingerprint density at radius 3 is 2.32 bits per heavy atom. The van der Waals surface area contributed by atoms with Gasteiger partial charge in [-0.1, -0.05) is 40.9 Å². The lowest BCUT2D eigenvalue weighted by atomic mass is 9.81. The quantitative estimate of drug-likeness (QED) is 0.715. The van der Waals surface area contributed by atoms with Gasteiger partial charge in [0.1, 0.15) is 18.1 Å². The molecule has 1 saturated carbocycles. The van der Waals surface area contributed by atoms with Crippen molar-refractivity contribution in [3.05, 3.63) is 46.6 Å². The Labute approximate surface area is 171 Å². The molecule has 2 fully saturated rings. The van der Waals surface area contributed by atoms with Gasteiger partial charge in [-0.25, -0.2) is 0 Å². The van der Waals surface area contributed by atoms with Gasteiger partial charge in [0, 0.05) is 10.0 Å². The van der Waals surface area contributed by atoms with Crippen LogP contribution in [0.5, 0.6) is 0 Å². The molecule has 6 nitrogen and oxygen atoms in total. The fraction of sp³-hybridized carbons (Fsp3) is 0.381. The van der Waals surface area contributed by atoms with Crippen molar-refractivity contribution in [3.63, 3.8) is 0 Å². The molecule has 2 aromatic rings. The molecule has 7 heteroatoms. The molecule has 1 aliphatic carbocycles. The summed E-state index contributed by atoms with van der Waals surface area (Å²) in [4.78, 5) is 38.3. The Morgan fingerprint density at radius 1 is 1.04 bits per heavy atom.